The fraction of sp³-hybridized carbons (Fsp3) is 0.556. The number of nitrogen functional groups attached to an aromatic ring is 1. The number of rotatable bonds is 1. The van der Waals surface area contributed by atoms with Crippen molar-refractivity contribution in [3.63, 3.8) is 0 Å². The molecule has 1 aromatic rings. The van der Waals surface area contributed by atoms with E-state index in [2.05, 4.69) is 22.0 Å². The number of nitrogens with zero attached hydrogens (tertiary/aromatic N) is 3. The van der Waals surface area contributed by atoms with Gasteiger partial charge in [0.15, 0.2) is 0 Å². The number of hydrogen-bond acceptors (Lipinski definition) is 4. The van der Waals surface area contributed by atoms with Crippen molar-refractivity contribution in [1.29, 1.82) is 0 Å². The quantitative estimate of drug-likeness (QED) is 0.678. The molecule has 0 aliphatic carbocycles. The molecular formula is C9H14N4. The molecule has 0 bridgehead atoms. The fourth-order valence-corrected chi connectivity index (χ4v) is 1.67. The van der Waals surface area contributed by atoms with Crippen molar-refractivity contribution in [2.75, 3.05) is 18.8 Å². The van der Waals surface area contributed by atoms with Crippen molar-refractivity contribution in [2.24, 2.45) is 0 Å². The number of likely N-dealkylation sites (N-methyl/N-ethyl adjacent to an activating group) is 1. The van der Waals surface area contributed by atoms with Gasteiger partial charge < -0.3 is 5.73 Å². The van der Waals surface area contributed by atoms with E-state index < -0.39 is 0 Å². The zero-order valence-corrected chi connectivity index (χ0v) is 7.82. The van der Waals surface area contributed by atoms with Crippen LogP contribution in [0.25, 0.3) is 0 Å². The van der Waals surface area contributed by atoms with Crippen LogP contribution in [0.3, 0.4) is 0 Å². The Kier molecular flexibility index (Phi) is 2.14. The molecule has 2 N–H and O–H groups in total. The summed E-state index contributed by atoms with van der Waals surface area (Å²) in [5.74, 6) is 0.525. The topological polar surface area (TPSA) is 55.0 Å². The van der Waals surface area contributed by atoms with E-state index in [9.17, 15) is 0 Å². The Labute approximate surface area is 77.8 Å². The minimum Gasteiger partial charge on any atom is -0.382 e. The zero-order valence-electron chi connectivity index (χ0n) is 7.82. The highest BCUT2D eigenvalue weighted by atomic mass is 15.2. The highest BCUT2D eigenvalue weighted by Gasteiger charge is 2.16. The second-order valence-electron chi connectivity index (χ2n) is 3.36. The summed E-state index contributed by atoms with van der Waals surface area (Å²) >= 11 is 0. The minimum absolute atomic E-state index is 0.525. The summed E-state index contributed by atoms with van der Waals surface area (Å²) in [4.78, 5) is 2.38. The molecular weight excluding hydrogens is 164 g/mol. The molecule has 0 radical (unpaired) electrons. The van der Waals surface area contributed by atoms with E-state index in [1.165, 1.54) is 5.56 Å². The Balaban J connectivity index is 2.27. The molecule has 2 heterocycles. The monoisotopic (exact) mass is 178 g/mol. The van der Waals surface area contributed by atoms with Gasteiger partial charge in [0.1, 0.15) is 5.82 Å². The van der Waals surface area contributed by atoms with E-state index in [1.807, 2.05) is 6.07 Å². The molecule has 1 aliphatic heterocycles. The maximum Gasteiger partial charge on any atom is 0.146 e. The lowest BCUT2D eigenvalue weighted by molar-refractivity contribution is 0.265. The van der Waals surface area contributed by atoms with Crippen LogP contribution in [0.1, 0.15) is 18.2 Å². The molecule has 70 valence electrons. The van der Waals surface area contributed by atoms with Crippen LogP contribution in [0.4, 0.5) is 5.82 Å². The Bertz CT molecular complexity index is 310. The molecule has 13 heavy (non-hydrogen) atoms. The predicted octanol–water partition coefficient (Wildman–Crippen LogP) is 0.437. The molecule has 4 nitrogen and oxygen atoms in total. The van der Waals surface area contributed by atoms with Gasteiger partial charge in [-0.25, -0.2) is 0 Å². The predicted molar refractivity (Wildman–Crippen MR) is 51.1 cm³/mol. The highest BCUT2D eigenvalue weighted by Crippen LogP contribution is 2.16. The molecule has 0 saturated heterocycles. The fourth-order valence-electron chi connectivity index (χ4n) is 1.67. The lowest BCUT2D eigenvalue weighted by atomic mass is 10.1. The third-order valence-corrected chi connectivity index (χ3v) is 2.48. The first-order valence-electron chi connectivity index (χ1n) is 4.63. The standard InChI is InChI=1S/C9H14N4/c1-2-13-4-3-8-7(6-13)5-9(10)12-11-8/h5H,2-4,6H2,1H3,(H2,10,12). The van der Waals surface area contributed by atoms with Crippen molar-refractivity contribution < 1.29 is 0 Å². The van der Waals surface area contributed by atoms with Gasteiger partial charge in [0.05, 0.1) is 5.69 Å². The summed E-state index contributed by atoms with van der Waals surface area (Å²) in [5.41, 5.74) is 7.92. The van der Waals surface area contributed by atoms with Crippen LogP contribution in [0.2, 0.25) is 0 Å². The van der Waals surface area contributed by atoms with Crippen molar-refractivity contribution in [3.8, 4) is 0 Å². The molecule has 0 unspecified atom stereocenters. The molecule has 0 aromatic carbocycles. The van der Waals surface area contributed by atoms with E-state index >= 15 is 0 Å². The van der Waals surface area contributed by atoms with Crippen LogP contribution in [0, 0.1) is 0 Å². The van der Waals surface area contributed by atoms with Gasteiger partial charge in [-0.1, -0.05) is 6.92 Å². The second-order valence-corrected chi connectivity index (χ2v) is 3.36. The Morgan fingerprint density at radius 1 is 1.54 bits per heavy atom. The molecule has 1 aliphatic rings. The molecule has 0 fully saturated rings. The van der Waals surface area contributed by atoms with Crippen molar-refractivity contribution >= 4 is 5.82 Å². The van der Waals surface area contributed by atoms with E-state index in [0.717, 1.165) is 31.7 Å². The van der Waals surface area contributed by atoms with E-state index in [0.29, 0.717) is 5.82 Å². The van der Waals surface area contributed by atoms with Crippen LogP contribution in [-0.4, -0.2) is 28.2 Å². The summed E-state index contributed by atoms with van der Waals surface area (Å²) in [7, 11) is 0. The van der Waals surface area contributed by atoms with E-state index in [1.54, 1.807) is 0 Å². The average Bonchev–Trinajstić information content (AvgIpc) is 2.16. The summed E-state index contributed by atoms with van der Waals surface area (Å²) in [6, 6.07) is 1.93. The third kappa shape index (κ3) is 1.62. The van der Waals surface area contributed by atoms with Gasteiger partial charge in [0, 0.05) is 19.5 Å². The molecule has 0 saturated carbocycles. The normalized spacial score (nSPS) is 17.0. The van der Waals surface area contributed by atoms with Crippen LogP contribution < -0.4 is 5.73 Å². The Morgan fingerprint density at radius 2 is 2.38 bits per heavy atom. The maximum atomic E-state index is 5.58. The van der Waals surface area contributed by atoms with Crippen LogP contribution in [0.5, 0.6) is 0 Å². The van der Waals surface area contributed by atoms with Crippen LogP contribution in [0.15, 0.2) is 6.07 Å². The van der Waals surface area contributed by atoms with E-state index in [4.69, 9.17) is 5.73 Å². The maximum absolute atomic E-state index is 5.58. The largest absolute Gasteiger partial charge is 0.382 e. The van der Waals surface area contributed by atoms with Crippen LogP contribution >= 0.6 is 0 Å². The minimum atomic E-state index is 0.525. The molecule has 0 atom stereocenters. The summed E-state index contributed by atoms with van der Waals surface area (Å²) in [6.07, 6.45) is 0.996. The van der Waals surface area contributed by atoms with Gasteiger partial charge in [-0.3, -0.25) is 4.90 Å². The number of anilines is 1. The van der Waals surface area contributed by atoms with Gasteiger partial charge in [-0.05, 0) is 18.2 Å². The summed E-state index contributed by atoms with van der Waals surface area (Å²) in [6.45, 7) is 5.30. The average molecular weight is 178 g/mol. The summed E-state index contributed by atoms with van der Waals surface area (Å²) < 4.78 is 0. The third-order valence-electron chi connectivity index (χ3n) is 2.48. The lowest BCUT2D eigenvalue weighted by Gasteiger charge is -2.26. The lowest BCUT2D eigenvalue weighted by Crippen LogP contribution is -2.31. The zero-order chi connectivity index (χ0) is 9.26. The molecule has 2 rings (SSSR count). The first-order chi connectivity index (χ1) is 6.29. The number of hydrogen-bond donors (Lipinski definition) is 1. The van der Waals surface area contributed by atoms with Gasteiger partial charge >= 0.3 is 0 Å². The van der Waals surface area contributed by atoms with Crippen LogP contribution in [-0.2, 0) is 13.0 Å². The van der Waals surface area contributed by atoms with Gasteiger partial charge in [0.2, 0.25) is 0 Å². The van der Waals surface area contributed by atoms with Gasteiger partial charge in [0.25, 0.3) is 0 Å². The first kappa shape index (κ1) is 8.44. The molecule has 1 aromatic heterocycles. The van der Waals surface area contributed by atoms with Crippen molar-refractivity contribution in [3.05, 3.63) is 17.3 Å². The number of fused-ring (bicyclic) bond motifs is 1. The van der Waals surface area contributed by atoms with Gasteiger partial charge in [-0.15, -0.1) is 5.10 Å². The van der Waals surface area contributed by atoms with Crippen molar-refractivity contribution in [1.82, 2.24) is 15.1 Å². The smallest absolute Gasteiger partial charge is 0.146 e. The first-order valence-corrected chi connectivity index (χ1v) is 4.63. The summed E-state index contributed by atoms with van der Waals surface area (Å²) in [5, 5.41) is 7.94. The van der Waals surface area contributed by atoms with Gasteiger partial charge in [-0.2, -0.15) is 5.10 Å². The highest BCUT2D eigenvalue weighted by molar-refractivity contribution is 5.34. The van der Waals surface area contributed by atoms with Crippen molar-refractivity contribution in [2.45, 2.75) is 19.9 Å². The molecule has 4 heteroatoms. The Hall–Kier alpha value is -1.16. The Morgan fingerprint density at radius 3 is 3.15 bits per heavy atom. The number of nitrogens with two attached hydrogens (primary N) is 1. The molecule has 0 amide bonds. The molecule has 0 spiro atoms. The number of aromatic nitrogens is 2. The second kappa shape index (κ2) is 3.30. The van der Waals surface area contributed by atoms with E-state index in [-0.39, 0.29) is 0 Å². The SMILES string of the molecule is CCN1CCc2nnc(N)cc2C1.